The van der Waals surface area contributed by atoms with E-state index in [1.165, 1.54) is 0 Å². The van der Waals surface area contributed by atoms with Gasteiger partial charge in [0, 0.05) is 6.54 Å². The molecule has 0 bridgehead atoms. The van der Waals surface area contributed by atoms with Crippen molar-refractivity contribution < 1.29 is 19.1 Å². The van der Waals surface area contributed by atoms with E-state index < -0.39 is 0 Å². The van der Waals surface area contributed by atoms with Crippen LogP contribution in [-0.4, -0.2) is 31.6 Å². The Balaban J connectivity index is 2.30. The summed E-state index contributed by atoms with van der Waals surface area (Å²) in [4.78, 5) is 22.5. The fraction of sp³-hybridized carbons (Fsp3) is 0.357. The highest BCUT2D eigenvalue weighted by Crippen LogP contribution is 2.15. The van der Waals surface area contributed by atoms with E-state index in [-0.39, 0.29) is 31.4 Å². The number of hydrogen-bond acceptors (Lipinski definition) is 5. The molecule has 0 aliphatic heterocycles. The summed E-state index contributed by atoms with van der Waals surface area (Å²) < 4.78 is 9.97. The van der Waals surface area contributed by atoms with Crippen LogP contribution in [0.5, 0.6) is 5.75 Å². The van der Waals surface area contributed by atoms with E-state index in [9.17, 15) is 9.59 Å². The third-order valence-corrected chi connectivity index (χ3v) is 2.32. The smallest absolute Gasteiger partial charge is 0.307 e. The second kappa shape index (κ2) is 8.53. The molecular formula is C14H16N2O4. The Kier molecular flexibility index (Phi) is 6.62. The van der Waals surface area contributed by atoms with Crippen molar-refractivity contribution in [1.29, 1.82) is 5.26 Å². The Hall–Kier alpha value is -2.55. The van der Waals surface area contributed by atoms with E-state index in [0.717, 1.165) is 0 Å². The zero-order chi connectivity index (χ0) is 14.8. The van der Waals surface area contributed by atoms with Crippen LogP contribution in [0.1, 0.15) is 18.9 Å². The van der Waals surface area contributed by atoms with Crippen LogP contribution in [0.3, 0.4) is 0 Å². The Bertz CT molecular complexity index is 508. The maximum Gasteiger partial charge on any atom is 0.307 e. The van der Waals surface area contributed by atoms with Crippen molar-refractivity contribution in [3.05, 3.63) is 29.8 Å². The number of esters is 1. The number of nitrogens with one attached hydrogen (secondary N) is 1. The monoisotopic (exact) mass is 276 g/mol. The summed E-state index contributed by atoms with van der Waals surface area (Å²) in [6.07, 6.45) is 0.119. The number of rotatable bonds is 7. The predicted octanol–water partition coefficient (Wildman–Crippen LogP) is 1.01. The molecule has 0 saturated heterocycles. The Morgan fingerprint density at radius 2 is 2.10 bits per heavy atom. The maximum absolute atomic E-state index is 11.5. The van der Waals surface area contributed by atoms with Gasteiger partial charge in [0.2, 0.25) is 0 Å². The fourth-order valence-corrected chi connectivity index (χ4v) is 1.42. The van der Waals surface area contributed by atoms with Crippen molar-refractivity contribution >= 4 is 11.9 Å². The molecule has 0 heterocycles. The molecule has 6 nitrogen and oxygen atoms in total. The Labute approximate surface area is 117 Å². The molecule has 0 aromatic heterocycles. The van der Waals surface area contributed by atoms with Crippen LogP contribution in [-0.2, 0) is 14.3 Å². The van der Waals surface area contributed by atoms with Gasteiger partial charge in [0.15, 0.2) is 6.61 Å². The molecule has 1 rings (SSSR count). The lowest BCUT2D eigenvalue weighted by molar-refractivity contribution is -0.143. The van der Waals surface area contributed by atoms with Gasteiger partial charge < -0.3 is 14.8 Å². The molecule has 0 spiro atoms. The van der Waals surface area contributed by atoms with Gasteiger partial charge in [-0.2, -0.15) is 5.26 Å². The molecule has 0 saturated carbocycles. The molecule has 6 heteroatoms. The van der Waals surface area contributed by atoms with Gasteiger partial charge in [0.25, 0.3) is 5.91 Å². The highest BCUT2D eigenvalue weighted by molar-refractivity contribution is 5.78. The Morgan fingerprint density at radius 3 is 2.80 bits per heavy atom. The third kappa shape index (κ3) is 5.40. The quantitative estimate of drug-likeness (QED) is 0.751. The minimum Gasteiger partial charge on any atom is -0.482 e. The molecule has 0 atom stereocenters. The Morgan fingerprint density at radius 1 is 1.35 bits per heavy atom. The second-order valence-electron chi connectivity index (χ2n) is 3.80. The third-order valence-electron chi connectivity index (χ3n) is 2.32. The van der Waals surface area contributed by atoms with Crippen molar-refractivity contribution in [2.75, 3.05) is 19.8 Å². The van der Waals surface area contributed by atoms with Gasteiger partial charge in [-0.15, -0.1) is 0 Å². The molecule has 1 amide bonds. The molecule has 0 aliphatic carbocycles. The number of ether oxygens (including phenoxy) is 2. The first-order valence-electron chi connectivity index (χ1n) is 6.21. The molecule has 0 aliphatic rings. The zero-order valence-electron chi connectivity index (χ0n) is 11.2. The van der Waals surface area contributed by atoms with E-state index >= 15 is 0 Å². The molecule has 1 aromatic rings. The van der Waals surface area contributed by atoms with E-state index in [1.54, 1.807) is 31.2 Å². The fourth-order valence-electron chi connectivity index (χ4n) is 1.42. The van der Waals surface area contributed by atoms with Crippen LogP contribution < -0.4 is 10.1 Å². The van der Waals surface area contributed by atoms with Gasteiger partial charge in [0.05, 0.1) is 18.6 Å². The van der Waals surface area contributed by atoms with Crippen LogP contribution >= 0.6 is 0 Å². The first-order chi connectivity index (χ1) is 9.67. The summed E-state index contributed by atoms with van der Waals surface area (Å²) in [6, 6.07) is 8.62. The summed E-state index contributed by atoms with van der Waals surface area (Å²) in [5, 5.41) is 11.4. The molecule has 106 valence electrons. The lowest BCUT2D eigenvalue weighted by Crippen LogP contribution is -2.31. The molecular weight excluding hydrogens is 260 g/mol. The van der Waals surface area contributed by atoms with Crippen molar-refractivity contribution in [3.63, 3.8) is 0 Å². The van der Waals surface area contributed by atoms with Crippen molar-refractivity contribution in [2.45, 2.75) is 13.3 Å². The largest absolute Gasteiger partial charge is 0.482 e. The van der Waals surface area contributed by atoms with Crippen molar-refractivity contribution in [2.24, 2.45) is 0 Å². The van der Waals surface area contributed by atoms with Crippen molar-refractivity contribution in [1.82, 2.24) is 5.32 Å². The average molecular weight is 276 g/mol. The highest BCUT2D eigenvalue weighted by Gasteiger charge is 2.07. The van der Waals surface area contributed by atoms with Gasteiger partial charge in [0.1, 0.15) is 11.8 Å². The lowest BCUT2D eigenvalue weighted by Gasteiger charge is -2.08. The van der Waals surface area contributed by atoms with Crippen LogP contribution in [0.2, 0.25) is 0 Å². The van der Waals surface area contributed by atoms with Gasteiger partial charge >= 0.3 is 5.97 Å². The maximum atomic E-state index is 11.5. The van der Waals surface area contributed by atoms with Gasteiger partial charge in [-0.1, -0.05) is 12.1 Å². The van der Waals surface area contributed by atoms with Crippen LogP contribution in [0.4, 0.5) is 0 Å². The van der Waals surface area contributed by atoms with Crippen LogP contribution in [0, 0.1) is 11.3 Å². The number of carbonyl (C=O) groups excluding carboxylic acids is 2. The van der Waals surface area contributed by atoms with Gasteiger partial charge in [-0.05, 0) is 19.1 Å². The first kappa shape index (κ1) is 15.5. The summed E-state index contributed by atoms with van der Waals surface area (Å²) in [5.41, 5.74) is 0.367. The van der Waals surface area contributed by atoms with Crippen LogP contribution in [0.25, 0.3) is 0 Å². The summed E-state index contributed by atoms with van der Waals surface area (Å²) in [6.45, 7) is 2.03. The van der Waals surface area contributed by atoms with E-state index in [1.807, 2.05) is 6.07 Å². The number of nitriles is 1. The lowest BCUT2D eigenvalue weighted by atomic mass is 10.2. The molecule has 0 unspecified atom stereocenters. The standard InChI is InChI=1S/C14H16N2O4/c1-2-19-14(18)7-8-16-13(17)10-20-12-6-4-3-5-11(12)9-15/h3-6H,2,7-8,10H2,1H3,(H,16,17). The number of benzene rings is 1. The summed E-state index contributed by atoms with van der Waals surface area (Å²) in [5.74, 6) is -0.360. The highest BCUT2D eigenvalue weighted by atomic mass is 16.5. The average Bonchev–Trinajstić information content (AvgIpc) is 2.45. The number of nitrogens with zero attached hydrogens (tertiary/aromatic N) is 1. The van der Waals surface area contributed by atoms with E-state index in [4.69, 9.17) is 14.7 Å². The molecule has 1 N–H and O–H groups in total. The predicted molar refractivity (Wildman–Crippen MR) is 70.9 cm³/mol. The van der Waals surface area contributed by atoms with Gasteiger partial charge in [-0.25, -0.2) is 0 Å². The molecule has 0 radical (unpaired) electrons. The minimum atomic E-state index is -0.359. The summed E-state index contributed by atoms with van der Waals surface area (Å²) in [7, 11) is 0. The summed E-state index contributed by atoms with van der Waals surface area (Å²) >= 11 is 0. The number of amides is 1. The minimum absolute atomic E-state index is 0.119. The second-order valence-corrected chi connectivity index (χ2v) is 3.80. The zero-order valence-corrected chi connectivity index (χ0v) is 11.2. The molecule has 0 fully saturated rings. The molecule has 1 aromatic carbocycles. The number of carbonyl (C=O) groups is 2. The number of hydrogen-bond donors (Lipinski definition) is 1. The van der Waals surface area contributed by atoms with Crippen LogP contribution in [0.15, 0.2) is 24.3 Å². The van der Waals surface area contributed by atoms with Crippen molar-refractivity contribution in [3.8, 4) is 11.8 Å². The van der Waals surface area contributed by atoms with Gasteiger partial charge in [-0.3, -0.25) is 9.59 Å². The first-order valence-corrected chi connectivity index (χ1v) is 6.21. The normalized spacial score (nSPS) is 9.40. The SMILES string of the molecule is CCOC(=O)CCNC(=O)COc1ccccc1C#N. The topological polar surface area (TPSA) is 88.4 Å². The molecule has 20 heavy (non-hydrogen) atoms. The number of para-hydroxylation sites is 1. The van der Waals surface area contributed by atoms with E-state index in [0.29, 0.717) is 17.9 Å². The van der Waals surface area contributed by atoms with E-state index in [2.05, 4.69) is 5.32 Å².